The predicted molar refractivity (Wildman–Crippen MR) is 63.4 cm³/mol. The minimum atomic E-state index is -0.274. The minimum Gasteiger partial charge on any atom is -0.440 e. The largest absolute Gasteiger partial charge is 0.440 e. The zero-order chi connectivity index (χ0) is 11.9. The molecule has 1 aliphatic rings. The monoisotopic (exact) mass is 234 g/mol. The maximum atomic E-state index is 13.1. The molecule has 0 saturated carbocycles. The molecule has 2 heterocycles. The van der Waals surface area contributed by atoms with Crippen molar-refractivity contribution in [3.63, 3.8) is 0 Å². The Morgan fingerprint density at radius 3 is 3.12 bits per heavy atom. The van der Waals surface area contributed by atoms with Gasteiger partial charge in [0.1, 0.15) is 11.3 Å². The van der Waals surface area contributed by atoms with Crippen molar-refractivity contribution in [1.82, 2.24) is 10.3 Å². The normalized spacial score (nSPS) is 25.3. The van der Waals surface area contributed by atoms with Gasteiger partial charge in [0.05, 0.1) is 5.41 Å². The quantitative estimate of drug-likeness (QED) is 0.824. The number of fused-ring (bicyclic) bond motifs is 1. The first-order valence-corrected chi connectivity index (χ1v) is 5.95. The van der Waals surface area contributed by atoms with Crippen molar-refractivity contribution >= 4 is 11.1 Å². The van der Waals surface area contributed by atoms with Crippen LogP contribution in [0.2, 0.25) is 0 Å². The highest BCUT2D eigenvalue weighted by Crippen LogP contribution is 2.32. The number of aromatic nitrogens is 1. The van der Waals surface area contributed by atoms with E-state index in [4.69, 9.17) is 4.42 Å². The van der Waals surface area contributed by atoms with Crippen LogP contribution in [0.25, 0.3) is 11.1 Å². The van der Waals surface area contributed by atoms with E-state index in [-0.39, 0.29) is 11.2 Å². The maximum absolute atomic E-state index is 13.1. The number of nitrogens with one attached hydrogen (secondary N) is 1. The third kappa shape index (κ3) is 1.82. The van der Waals surface area contributed by atoms with Gasteiger partial charge < -0.3 is 9.73 Å². The summed E-state index contributed by atoms with van der Waals surface area (Å²) in [5.74, 6) is 0.439. The van der Waals surface area contributed by atoms with Gasteiger partial charge in [-0.15, -0.1) is 0 Å². The van der Waals surface area contributed by atoms with Crippen LogP contribution in [-0.4, -0.2) is 18.1 Å². The highest BCUT2D eigenvalue weighted by Gasteiger charge is 2.33. The standard InChI is InChI=1S/C13H15FN2O/c1-13(5-2-6-15-8-13)12-16-10-7-9(14)3-4-11(10)17-12/h3-4,7,15H,2,5-6,8H2,1H3. The number of piperidine rings is 1. The van der Waals surface area contributed by atoms with Crippen molar-refractivity contribution in [2.75, 3.05) is 13.1 Å². The summed E-state index contributed by atoms with van der Waals surface area (Å²) in [4.78, 5) is 4.42. The maximum Gasteiger partial charge on any atom is 0.202 e. The molecule has 3 nitrogen and oxygen atoms in total. The van der Waals surface area contributed by atoms with Crippen LogP contribution in [0.5, 0.6) is 0 Å². The van der Waals surface area contributed by atoms with Crippen molar-refractivity contribution < 1.29 is 8.81 Å². The molecule has 1 aliphatic heterocycles. The molecule has 4 heteroatoms. The Labute approximate surface area is 99.0 Å². The number of halogens is 1. The summed E-state index contributed by atoms with van der Waals surface area (Å²) in [5, 5.41) is 3.36. The van der Waals surface area contributed by atoms with E-state index in [9.17, 15) is 4.39 Å². The molecule has 1 fully saturated rings. The second-order valence-corrected chi connectivity index (χ2v) is 4.97. The lowest BCUT2D eigenvalue weighted by Gasteiger charge is -2.30. The zero-order valence-electron chi connectivity index (χ0n) is 9.79. The van der Waals surface area contributed by atoms with Gasteiger partial charge in [0.15, 0.2) is 5.58 Å². The van der Waals surface area contributed by atoms with Gasteiger partial charge >= 0.3 is 0 Å². The van der Waals surface area contributed by atoms with Crippen molar-refractivity contribution in [3.8, 4) is 0 Å². The number of hydrogen-bond donors (Lipinski definition) is 1. The van der Waals surface area contributed by atoms with Crippen LogP contribution >= 0.6 is 0 Å². The summed E-state index contributed by atoms with van der Waals surface area (Å²) in [7, 11) is 0. The van der Waals surface area contributed by atoms with E-state index in [0.717, 1.165) is 25.9 Å². The first kappa shape index (κ1) is 10.7. The van der Waals surface area contributed by atoms with Crippen LogP contribution in [-0.2, 0) is 5.41 Å². The Kier molecular flexibility index (Phi) is 2.40. The fraction of sp³-hybridized carbons (Fsp3) is 0.462. The molecule has 1 aromatic carbocycles. The lowest BCUT2D eigenvalue weighted by Crippen LogP contribution is -2.41. The number of rotatable bonds is 1. The summed E-state index contributed by atoms with van der Waals surface area (Å²) < 4.78 is 18.8. The minimum absolute atomic E-state index is 0.0756. The third-order valence-corrected chi connectivity index (χ3v) is 3.46. The van der Waals surface area contributed by atoms with Crippen LogP contribution in [0.3, 0.4) is 0 Å². The van der Waals surface area contributed by atoms with Crippen molar-refractivity contribution in [3.05, 3.63) is 29.9 Å². The molecular formula is C13H15FN2O. The molecule has 2 aromatic rings. The number of benzene rings is 1. The molecule has 1 atom stereocenters. The molecule has 3 rings (SSSR count). The van der Waals surface area contributed by atoms with Gasteiger partial charge in [-0.25, -0.2) is 9.37 Å². The van der Waals surface area contributed by atoms with Crippen LogP contribution < -0.4 is 5.32 Å². The average molecular weight is 234 g/mol. The SMILES string of the molecule is CC1(c2nc3cc(F)ccc3o2)CCCNC1. The van der Waals surface area contributed by atoms with E-state index in [1.54, 1.807) is 6.07 Å². The van der Waals surface area contributed by atoms with E-state index in [1.165, 1.54) is 12.1 Å². The summed E-state index contributed by atoms with van der Waals surface area (Å²) in [6.45, 7) is 4.05. The fourth-order valence-electron chi connectivity index (χ4n) is 2.40. The lowest BCUT2D eigenvalue weighted by atomic mass is 9.83. The van der Waals surface area contributed by atoms with E-state index in [2.05, 4.69) is 17.2 Å². The molecule has 0 radical (unpaired) electrons. The second-order valence-electron chi connectivity index (χ2n) is 4.97. The predicted octanol–water partition coefficient (Wildman–Crippen LogP) is 2.61. The third-order valence-electron chi connectivity index (χ3n) is 3.46. The van der Waals surface area contributed by atoms with E-state index in [1.807, 2.05) is 0 Å². The molecule has 0 amide bonds. The van der Waals surface area contributed by atoms with E-state index in [0.29, 0.717) is 17.0 Å². The van der Waals surface area contributed by atoms with Gasteiger partial charge in [0.2, 0.25) is 5.89 Å². The summed E-state index contributed by atoms with van der Waals surface area (Å²) in [5.41, 5.74) is 1.19. The van der Waals surface area contributed by atoms with Gasteiger partial charge in [0.25, 0.3) is 0 Å². The van der Waals surface area contributed by atoms with Crippen LogP contribution in [0, 0.1) is 5.82 Å². The van der Waals surface area contributed by atoms with Gasteiger partial charge in [0, 0.05) is 12.6 Å². The summed E-state index contributed by atoms with van der Waals surface area (Å²) in [6, 6.07) is 4.46. The van der Waals surface area contributed by atoms with Gasteiger partial charge in [-0.3, -0.25) is 0 Å². The molecule has 1 aromatic heterocycles. The molecule has 0 spiro atoms. The van der Waals surface area contributed by atoms with E-state index < -0.39 is 0 Å². The zero-order valence-corrected chi connectivity index (χ0v) is 9.79. The first-order chi connectivity index (χ1) is 8.17. The van der Waals surface area contributed by atoms with E-state index >= 15 is 0 Å². The Balaban J connectivity index is 2.05. The Morgan fingerprint density at radius 2 is 2.35 bits per heavy atom. The molecule has 1 unspecified atom stereocenters. The van der Waals surface area contributed by atoms with Crippen molar-refractivity contribution in [2.45, 2.75) is 25.2 Å². The van der Waals surface area contributed by atoms with Crippen LogP contribution in [0.15, 0.2) is 22.6 Å². The van der Waals surface area contributed by atoms with Gasteiger partial charge in [-0.2, -0.15) is 0 Å². The molecule has 17 heavy (non-hydrogen) atoms. The van der Waals surface area contributed by atoms with Crippen LogP contribution in [0.4, 0.5) is 4.39 Å². The lowest BCUT2D eigenvalue weighted by molar-refractivity contribution is 0.279. The molecular weight excluding hydrogens is 219 g/mol. The first-order valence-electron chi connectivity index (χ1n) is 5.95. The Morgan fingerprint density at radius 1 is 1.47 bits per heavy atom. The number of nitrogens with zero attached hydrogens (tertiary/aromatic N) is 1. The smallest absolute Gasteiger partial charge is 0.202 e. The molecule has 0 aliphatic carbocycles. The summed E-state index contributed by atoms with van der Waals surface area (Å²) in [6.07, 6.45) is 2.17. The fourth-order valence-corrected chi connectivity index (χ4v) is 2.40. The number of oxazole rings is 1. The molecule has 1 saturated heterocycles. The average Bonchev–Trinajstić information content (AvgIpc) is 2.73. The van der Waals surface area contributed by atoms with Gasteiger partial charge in [-0.05, 0) is 38.4 Å². The van der Waals surface area contributed by atoms with Crippen LogP contribution in [0.1, 0.15) is 25.7 Å². The van der Waals surface area contributed by atoms with Gasteiger partial charge in [-0.1, -0.05) is 0 Å². The highest BCUT2D eigenvalue weighted by atomic mass is 19.1. The highest BCUT2D eigenvalue weighted by molar-refractivity contribution is 5.72. The topological polar surface area (TPSA) is 38.1 Å². The Bertz CT molecular complexity index is 543. The Hall–Kier alpha value is -1.42. The summed E-state index contributed by atoms with van der Waals surface area (Å²) >= 11 is 0. The number of hydrogen-bond acceptors (Lipinski definition) is 3. The second kappa shape index (κ2) is 3.81. The molecule has 0 bridgehead atoms. The van der Waals surface area contributed by atoms with Crippen molar-refractivity contribution in [1.29, 1.82) is 0 Å². The van der Waals surface area contributed by atoms with Crippen molar-refractivity contribution in [2.24, 2.45) is 0 Å². The molecule has 1 N–H and O–H groups in total. The molecule has 90 valence electrons.